The minimum atomic E-state index is -0.595. The lowest BCUT2D eigenvalue weighted by Crippen LogP contribution is -2.29. The van der Waals surface area contributed by atoms with Crippen LogP contribution >= 0.6 is 0 Å². The molecule has 1 amide bonds. The van der Waals surface area contributed by atoms with E-state index in [1.807, 2.05) is 0 Å². The Morgan fingerprint density at radius 2 is 2.14 bits per heavy atom. The largest absolute Gasteiger partial charge is 0.309 e. The number of amides is 1. The van der Waals surface area contributed by atoms with Crippen LogP contribution < -0.4 is 10.9 Å². The van der Waals surface area contributed by atoms with E-state index in [9.17, 15) is 19.7 Å². The summed E-state index contributed by atoms with van der Waals surface area (Å²) >= 11 is 0. The highest BCUT2D eigenvalue weighted by Crippen LogP contribution is 2.14. The van der Waals surface area contributed by atoms with Gasteiger partial charge in [-0.25, -0.2) is 4.98 Å². The fourth-order valence-corrected chi connectivity index (χ4v) is 1.82. The summed E-state index contributed by atoms with van der Waals surface area (Å²) in [5.74, 6) is -0.141. The van der Waals surface area contributed by atoms with Gasteiger partial charge in [0, 0.05) is 18.3 Å². The third-order valence-corrected chi connectivity index (χ3v) is 2.86. The van der Waals surface area contributed by atoms with Crippen molar-refractivity contribution in [1.29, 1.82) is 0 Å². The number of carbonyl (C=O) groups is 1. The van der Waals surface area contributed by atoms with Crippen LogP contribution in [0.1, 0.15) is 5.69 Å². The number of nitro groups is 1. The van der Waals surface area contributed by atoms with E-state index in [-0.39, 0.29) is 17.9 Å². The molecule has 2 aromatic rings. The van der Waals surface area contributed by atoms with Crippen molar-refractivity contribution in [2.45, 2.75) is 13.5 Å². The Labute approximate surface area is 119 Å². The molecular formula is C13H12N4O4. The van der Waals surface area contributed by atoms with Crippen LogP contribution in [0.15, 0.2) is 41.3 Å². The van der Waals surface area contributed by atoms with Gasteiger partial charge in [-0.2, -0.15) is 0 Å². The number of nitrogens with zero attached hydrogens (tertiary/aromatic N) is 3. The second kappa shape index (κ2) is 5.95. The predicted molar refractivity (Wildman–Crippen MR) is 75.0 cm³/mol. The van der Waals surface area contributed by atoms with Gasteiger partial charge in [-0.1, -0.05) is 6.07 Å². The van der Waals surface area contributed by atoms with Gasteiger partial charge in [0.15, 0.2) is 0 Å². The van der Waals surface area contributed by atoms with E-state index in [1.54, 1.807) is 18.2 Å². The SMILES string of the molecule is Cc1c([N+](=O)[O-])ccc(=O)n1CC(=O)Nc1ccccn1. The van der Waals surface area contributed by atoms with Crippen LogP contribution in [0.2, 0.25) is 0 Å². The molecule has 2 heterocycles. The van der Waals surface area contributed by atoms with Gasteiger partial charge in [0.2, 0.25) is 5.91 Å². The maximum Gasteiger partial charge on any atom is 0.288 e. The van der Waals surface area contributed by atoms with Crippen molar-refractivity contribution in [3.05, 3.63) is 62.7 Å². The summed E-state index contributed by atoms with van der Waals surface area (Å²) in [5.41, 5.74) is -0.557. The lowest BCUT2D eigenvalue weighted by Gasteiger charge is -2.09. The normalized spacial score (nSPS) is 10.1. The van der Waals surface area contributed by atoms with Gasteiger partial charge in [-0.15, -0.1) is 0 Å². The van der Waals surface area contributed by atoms with Crippen LogP contribution in [-0.4, -0.2) is 20.4 Å². The summed E-state index contributed by atoms with van der Waals surface area (Å²) < 4.78 is 1.05. The van der Waals surface area contributed by atoms with E-state index in [2.05, 4.69) is 10.3 Å². The predicted octanol–water partition coefficient (Wildman–Crippen LogP) is 1.10. The highest BCUT2D eigenvalue weighted by Gasteiger charge is 2.16. The minimum Gasteiger partial charge on any atom is -0.309 e. The molecular weight excluding hydrogens is 276 g/mol. The molecule has 8 nitrogen and oxygen atoms in total. The number of anilines is 1. The molecule has 8 heteroatoms. The van der Waals surface area contributed by atoms with Crippen molar-refractivity contribution in [2.24, 2.45) is 0 Å². The number of nitrogens with one attached hydrogen (secondary N) is 1. The number of rotatable bonds is 4. The molecule has 0 aliphatic heterocycles. The molecule has 2 aromatic heterocycles. The Hall–Kier alpha value is -3.03. The monoisotopic (exact) mass is 288 g/mol. The summed E-state index contributed by atoms with van der Waals surface area (Å²) in [6.45, 7) is 1.11. The van der Waals surface area contributed by atoms with Gasteiger partial charge in [0.05, 0.1) is 10.6 Å². The Balaban J connectivity index is 2.23. The molecule has 0 radical (unpaired) electrons. The van der Waals surface area contributed by atoms with Crippen molar-refractivity contribution in [1.82, 2.24) is 9.55 Å². The zero-order chi connectivity index (χ0) is 15.4. The van der Waals surface area contributed by atoms with E-state index >= 15 is 0 Å². The molecule has 0 saturated carbocycles. The summed E-state index contributed by atoms with van der Waals surface area (Å²) in [5, 5.41) is 13.4. The van der Waals surface area contributed by atoms with Crippen LogP contribution in [-0.2, 0) is 11.3 Å². The Morgan fingerprint density at radius 3 is 2.76 bits per heavy atom. The van der Waals surface area contributed by atoms with Crippen molar-refractivity contribution < 1.29 is 9.72 Å². The van der Waals surface area contributed by atoms with Crippen LogP contribution in [0.4, 0.5) is 11.5 Å². The van der Waals surface area contributed by atoms with Gasteiger partial charge < -0.3 is 5.32 Å². The molecule has 0 spiro atoms. The minimum absolute atomic E-state index is 0.128. The summed E-state index contributed by atoms with van der Waals surface area (Å²) in [6.07, 6.45) is 1.51. The van der Waals surface area contributed by atoms with Gasteiger partial charge in [0.25, 0.3) is 11.2 Å². The van der Waals surface area contributed by atoms with Gasteiger partial charge in [0.1, 0.15) is 12.4 Å². The molecule has 0 saturated heterocycles. The second-order valence-electron chi connectivity index (χ2n) is 4.25. The smallest absolute Gasteiger partial charge is 0.288 e. The van der Waals surface area contributed by atoms with Gasteiger partial charge in [-0.05, 0) is 19.1 Å². The van der Waals surface area contributed by atoms with Crippen LogP contribution in [0, 0.1) is 17.0 Å². The summed E-state index contributed by atoms with van der Waals surface area (Å²) in [7, 11) is 0. The lowest BCUT2D eigenvalue weighted by atomic mass is 10.3. The van der Waals surface area contributed by atoms with Crippen LogP contribution in [0.5, 0.6) is 0 Å². The second-order valence-corrected chi connectivity index (χ2v) is 4.25. The Morgan fingerprint density at radius 1 is 1.38 bits per heavy atom. The number of hydrogen-bond acceptors (Lipinski definition) is 5. The third-order valence-electron chi connectivity index (χ3n) is 2.86. The van der Waals surface area contributed by atoms with E-state index in [4.69, 9.17) is 0 Å². The van der Waals surface area contributed by atoms with Crippen molar-refractivity contribution in [3.63, 3.8) is 0 Å². The highest BCUT2D eigenvalue weighted by atomic mass is 16.6. The first kappa shape index (κ1) is 14.4. The molecule has 0 atom stereocenters. The van der Waals surface area contributed by atoms with Crippen molar-refractivity contribution in [2.75, 3.05) is 5.32 Å². The molecule has 0 aliphatic carbocycles. The molecule has 2 rings (SSSR count). The standard InChI is InChI=1S/C13H12N4O4/c1-9-10(17(20)21)5-6-13(19)16(9)8-12(18)15-11-4-2-3-7-14-11/h2-7H,8H2,1H3,(H,14,15,18). The number of carbonyl (C=O) groups excluding carboxylic acids is 1. The molecule has 21 heavy (non-hydrogen) atoms. The quantitative estimate of drug-likeness (QED) is 0.669. The maximum atomic E-state index is 11.9. The molecule has 0 aromatic carbocycles. The van der Waals surface area contributed by atoms with E-state index < -0.39 is 16.4 Å². The van der Waals surface area contributed by atoms with Crippen LogP contribution in [0.25, 0.3) is 0 Å². The van der Waals surface area contributed by atoms with E-state index in [1.165, 1.54) is 13.1 Å². The molecule has 1 N–H and O–H groups in total. The van der Waals surface area contributed by atoms with Gasteiger partial charge >= 0.3 is 0 Å². The Bertz CT molecular complexity index is 740. The van der Waals surface area contributed by atoms with Crippen LogP contribution in [0.3, 0.4) is 0 Å². The van der Waals surface area contributed by atoms with Gasteiger partial charge in [-0.3, -0.25) is 24.3 Å². The first-order valence-corrected chi connectivity index (χ1v) is 6.05. The zero-order valence-electron chi connectivity index (χ0n) is 11.1. The Kier molecular flexibility index (Phi) is 4.07. The maximum absolute atomic E-state index is 11.9. The average Bonchev–Trinajstić information content (AvgIpc) is 2.44. The lowest BCUT2D eigenvalue weighted by molar-refractivity contribution is -0.386. The van der Waals surface area contributed by atoms with Crippen molar-refractivity contribution >= 4 is 17.4 Å². The molecule has 0 unspecified atom stereocenters. The number of aromatic nitrogens is 2. The molecule has 108 valence electrons. The van der Waals surface area contributed by atoms with E-state index in [0.29, 0.717) is 5.82 Å². The average molecular weight is 288 g/mol. The summed E-state index contributed by atoms with van der Waals surface area (Å²) in [4.78, 5) is 37.8. The number of pyridine rings is 2. The molecule has 0 bridgehead atoms. The fraction of sp³-hybridized carbons (Fsp3) is 0.154. The third kappa shape index (κ3) is 3.30. The summed E-state index contributed by atoms with van der Waals surface area (Å²) in [6, 6.07) is 7.20. The highest BCUT2D eigenvalue weighted by molar-refractivity contribution is 5.89. The fourth-order valence-electron chi connectivity index (χ4n) is 1.82. The number of hydrogen-bond donors (Lipinski definition) is 1. The first-order valence-electron chi connectivity index (χ1n) is 6.05. The topological polar surface area (TPSA) is 107 Å². The van der Waals surface area contributed by atoms with Crippen molar-refractivity contribution in [3.8, 4) is 0 Å². The first-order chi connectivity index (χ1) is 9.99. The molecule has 0 fully saturated rings. The zero-order valence-corrected chi connectivity index (χ0v) is 11.1. The molecule has 0 aliphatic rings. The van der Waals surface area contributed by atoms with E-state index in [0.717, 1.165) is 16.7 Å².